The van der Waals surface area contributed by atoms with Crippen LogP contribution in [0.15, 0.2) is 0 Å². The number of hydrogen-bond donors (Lipinski definition) is 3. The SMILES string of the molecule is CCCCCCOCO.OCCO. The molecule has 82 valence electrons. The van der Waals surface area contributed by atoms with Crippen LogP contribution in [0, 0.1) is 0 Å². The second-order valence-corrected chi connectivity index (χ2v) is 2.55. The average Bonchev–Trinajstić information content (AvgIpc) is 2.18. The van der Waals surface area contributed by atoms with Gasteiger partial charge in [0, 0.05) is 6.61 Å². The largest absolute Gasteiger partial charge is 0.394 e. The van der Waals surface area contributed by atoms with Crippen LogP contribution in [0.2, 0.25) is 0 Å². The van der Waals surface area contributed by atoms with Gasteiger partial charge < -0.3 is 20.1 Å². The molecule has 0 radical (unpaired) electrons. The van der Waals surface area contributed by atoms with E-state index in [-0.39, 0.29) is 20.0 Å². The zero-order valence-electron chi connectivity index (χ0n) is 8.41. The molecule has 4 nitrogen and oxygen atoms in total. The van der Waals surface area contributed by atoms with Crippen molar-refractivity contribution in [2.75, 3.05) is 26.6 Å². The third-order valence-corrected chi connectivity index (χ3v) is 1.33. The van der Waals surface area contributed by atoms with Crippen molar-refractivity contribution in [2.24, 2.45) is 0 Å². The maximum Gasteiger partial charge on any atom is 0.143 e. The molecule has 0 heterocycles. The van der Waals surface area contributed by atoms with E-state index in [1.807, 2.05) is 0 Å². The highest BCUT2D eigenvalue weighted by Crippen LogP contribution is 1.97. The third kappa shape index (κ3) is 24.5. The summed E-state index contributed by atoms with van der Waals surface area (Å²) < 4.78 is 4.74. The lowest BCUT2D eigenvalue weighted by atomic mass is 10.2. The van der Waals surface area contributed by atoms with Crippen molar-refractivity contribution in [1.29, 1.82) is 0 Å². The van der Waals surface area contributed by atoms with E-state index >= 15 is 0 Å². The molecule has 0 rings (SSSR count). The Balaban J connectivity index is 0. The van der Waals surface area contributed by atoms with E-state index in [1.54, 1.807) is 0 Å². The smallest absolute Gasteiger partial charge is 0.143 e. The zero-order chi connectivity index (χ0) is 10.4. The van der Waals surface area contributed by atoms with E-state index in [0.29, 0.717) is 6.61 Å². The number of unbranched alkanes of at least 4 members (excludes halogenated alkanes) is 3. The highest BCUT2D eigenvalue weighted by Gasteiger charge is 1.85. The van der Waals surface area contributed by atoms with Gasteiger partial charge in [-0.25, -0.2) is 0 Å². The number of hydrogen-bond acceptors (Lipinski definition) is 4. The van der Waals surface area contributed by atoms with Gasteiger partial charge in [0.1, 0.15) is 6.79 Å². The number of aliphatic hydroxyl groups is 3. The van der Waals surface area contributed by atoms with Gasteiger partial charge >= 0.3 is 0 Å². The van der Waals surface area contributed by atoms with Crippen LogP contribution in [-0.2, 0) is 4.74 Å². The Morgan fingerprint density at radius 3 is 1.92 bits per heavy atom. The van der Waals surface area contributed by atoms with Crippen LogP contribution in [0.5, 0.6) is 0 Å². The molecule has 0 aromatic heterocycles. The molecule has 0 aliphatic heterocycles. The summed E-state index contributed by atoms with van der Waals surface area (Å²) >= 11 is 0. The highest BCUT2D eigenvalue weighted by molar-refractivity contribution is 4.37. The Kier molecular flexibility index (Phi) is 21.0. The molecule has 0 atom stereocenters. The molecule has 0 aromatic carbocycles. The van der Waals surface area contributed by atoms with Crippen LogP contribution in [-0.4, -0.2) is 41.9 Å². The lowest BCUT2D eigenvalue weighted by Gasteiger charge is -1.97. The first-order valence-corrected chi connectivity index (χ1v) is 4.73. The molecule has 13 heavy (non-hydrogen) atoms. The number of rotatable bonds is 7. The average molecular weight is 194 g/mol. The van der Waals surface area contributed by atoms with Crippen molar-refractivity contribution in [3.05, 3.63) is 0 Å². The normalized spacial score (nSPS) is 9.23. The van der Waals surface area contributed by atoms with E-state index in [9.17, 15) is 0 Å². The topological polar surface area (TPSA) is 69.9 Å². The highest BCUT2D eigenvalue weighted by atomic mass is 16.6. The fraction of sp³-hybridized carbons (Fsp3) is 1.00. The Morgan fingerprint density at radius 1 is 0.923 bits per heavy atom. The lowest BCUT2D eigenvalue weighted by molar-refractivity contribution is -0.00280. The molecule has 0 aliphatic rings. The number of ether oxygens (including phenoxy) is 1. The predicted octanol–water partition coefficient (Wildman–Crippen LogP) is 0.504. The molecule has 0 spiro atoms. The van der Waals surface area contributed by atoms with Crippen LogP contribution in [0.25, 0.3) is 0 Å². The molecule has 3 N–H and O–H groups in total. The van der Waals surface area contributed by atoms with Gasteiger partial charge in [0.15, 0.2) is 0 Å². The van der Waals surface area contributed by atoms with Crippen molar-refractivity contribution in [1.82, 2.24) is 0 Å². The summed E-state index contributed by atoms with van der Waals surface area (Å²) in [6.45, 7) is 2.50. The van der Waals surface area contributed by atoms with Gasteiger partial charge in [0.2, 0.25) is 0 Å². The van der Waals surface area contributed by atoms with Crippen LogP contribution in [0.3, 0.4) is 0 Å². The van der Waals surface area contributed by atoms with Crippen molar-refractivity contribution in [3.63, 3.8) is 0 Å². The molecule has 0 saturated heterocycles. The Bertz CT molecular complexity index is 60.6. The molecule has 0 saturated carbocycles. The van der Waals surface area contributed by atoms with Crippen LogP contribution in [0.1, 0.15) is 32.6 Å². The van der Waals surface area contributed by atoms with E-state index < -0.39 is 0 Å². The molecule has 0 fully saturated rings. The zero-order valence-corrected chi connectivity index (χ0v) is 8.41. The second kappa shape index (κ2) is 17.8. The van der Waals surface area contributed by atoms with Crippen molar-refractivity contribution in [2.45, 2.75) is 32.6 Å². The van der Waals surface area contributed by atoms with Gasteiger partial charge in [-0.1, -0.05) is 26.2 Å². The molecule has 0 aliphatic carbocycles. The van der Waals surface area contributed by atoms with Crippen molar-refractivity contribution in [3.8, 4) is 0 Å². The summed E-state index contributed by atoms with van der Waals surface area (Å²) in [5, 5.41) is 23.5. The van der Waals surface area contributed by atoms with E-state index in [2.05, 4.69) is 6.92 Å². The summed E-state index contributed by atoms with van der Waals surface area (Å²) in [7, 11) is 0. The monoisotopic (exact) mass is 194 g/mol. The van der Waals surface area contributed by atoms with Gasteiger partial charge in [-0.15, -0.1) is 0 Å². The first-order valence-electron chi connectivity index (χ1n) is 4.73. The second-order valence-electron chi connectivity index (χ2n) is 2.55. The van der Waals surface area contributed by atoms with Crippen LogP contribution >= 0.6 is 0 Å². The van der Waals surface area contributed by atoms with Crippen LogP contribution < -0.4 is 0 Å². The van der Waals surface area contributed by atoms with Gasteiger partial charge in [-0.2, -0.15) is 0 Å². The van der Waals surface area contributed by atoms with Gasteiger partial charge in [-0.05, 0) is 6.42 Å². The lowest BCUT2D eigenvalue weighted by Crippen LogP contribution is -1.94. The van der Waals surface area contributed by atoms with E-state index in [1.165, 1.54) is 19.3 Å². The molecular formula is C9H22O4. The molecule has 0 bridgehead atoms. The van der Waals surface area contributed by atoms with E-state index in [0.717, 1.165) is 6.42 Å². The van der Waals surface area contributed by atoms with Crippen molar-refractivity contribution >= 4 is 0 Å². The van der Waals surface area contributed by atoms with Gasteiger partial charge in [-0.3, -0.25) is 0 Å². The quantitative estimate of drug-likeness (QED) is 0.408. The molecule has 4 heteroatoms. The molecule has 0 amide bonds. The summed E-state index contributed by atoms with van der Waals surface area (Å²) in [6.07, 6.45) is 4.82. The standard InChI is InChI=1S/C7H16O2.C2H6O2/c1-2-3-4-5-6-9-7-8;3-1-2-4/h8H,2-7H2,1H3;3-4H,1-2H2. The minimum atomic E-state index is -0.133. The van der Waals surface area contributed by atoms with Gasteiger partial charge in [0.05, 0.1) is 13.2 Å². The van der Waals surface area contributed by atoms with Crippen LogP contribution in [0.4, 0.5) is 0 Å². The fourth-order valence-corrected chi connectivity index (χ4v) is 0.695. The Labute approximate surface area is 80.2 Å². The molecular weight excluding hydrogens is 172 g/mol. The molecule has 0 unspecified atom stereocenters. The minimum Gasteiger partial charge on any atom is -0.394 e. The summed E-state index contributed by atoms with van der Waals surface area (Å²) in [6, 6.07) is 0. The minimum absolute atomic E-state index is 0.125. The van der Waals surface area contributed by atoms with E-state index in [4.69, 9.17) is 20.1 Å². The summed E-state index contributed by atoms with van der Waals surface area (Å²) in [5.41, 5.74) is 0. The first-order chi connectivity index (χ1) is 6.33. The Hall–Kier alpha value is -0.160. The Morgan fingerprint density at radius 2 is 1.54 bits per heavy atom. The summed E-state index contributed by atoms with van der Waals surface area (Å²) in [4.78, 5) is 0. The van der Waals surface area contributed by atoms with Gasteiger partial charge in [0.25, 0.3) is 0 Å². The predicted molar refractivity (Wildman–Crippen MR) is 51.4 cm³/mol. The number of aliphatic hydroxyl groups excluding tert-OH is 3. The maximum absolute atomic E-state index is 8.20. The molecule has 0 aromatic rings. The first kappa shape index (κ1) is 15.3. The fourth-order valence-electron chi connectivity index (χ4n) is 0.695. The van der Waals surface area contributed by atoms with Crippen molar-refractivity contribution < 1.29 is 20.1 Å². The maximum atomic E-state index is 8.20. The summed E-state index contributed by atoms with van der Waals surface area (Å²) in [5.74, 6) is 0. The third-order valence-electron chi connectivity index (χ3n) is 1.33.